The van der Waals surface area contributed by atoms with Gasteiger partial charge in [-0.1, -0.05) is 57.0 Å². The van der Waals surface area contributed by atoms with E-state index in [9.17, 15) is 0 Å². The molecule has 154 valence electrons. The van der Waals surface area contributed by atoms with Crippen LogP contribution in [0, 0.1) is 0 Å². The summed E-state index contributed by atoms with van der Waals surface area (Å²) in [5, 5.41) is 8.83. The summed E-state index contributed by atoms with van der Waals surface area (Å²) in [6.07, 6.45) is 6.84. The Morgan fingerprint density at radius 2 is 1.66 bits per heavy atom. The molecule has 0 spiro atoms. The molecule has 29 heavy (non-hydrogen) atoms. The monoisotopic (exact) mass is 391 g/mol. The summed E-state index contributed by atoms with van der Waals surface area (Å²) in [6, 6.07) is 13.2. The van der Waals surface area contributed by atoms with Gasteiger partial charge < -0.3 is 4.74 Å². The van der Waals surface area contributed by atoms with Crippen LogP contribution in [-0.2, 0) is 26.3 Å². The molecule has 0 unspecified atom stereocenters. The zero-order valence-corrected chi connectivity index (χ0v) is 18.5. The van der Waals surface area contributed by atoms with Gasteiger partial charge in [0.05, 0.1) is 12.8 Å². The van der Waals surface area contributed by atoms with Crippen molar-refractivity contribution in [3.63, 3.8) is 0 Å². The fourth-order valence-electron chi connectivity index (χ4n) is 3.87. The van der Waals surface area contributed by atoms with E-state index >= 15 is 0 Å². The zero-order valence-electron chi connectivity index (χ0n) is 18.5. The topological polar surface area (TPSA) is 39.9 Å². The van der Waals surface area contributed by atoms with Crippen LogP contribution in [0.4, 0.5) is 0 Å². The van der Waals surface area contributed by atoms with Crippen molar-refractivity contribution < 1.29 is 4.74 Å². The molecule has 1 aliphatic rings. The molecule has 1 aromatic heterocycles. The molecule has 3 aromatic rings. The summed E-state index contributed by atoms with van der Waals surface area (Å²) < 4.78 is 7.34. The van der Waals surface area contributed by atoms with Crippen molar-refractivity contribution in [3.05, 3.63) is 53.1 Å². The van der Waals surface area contributed by atoms with Gasteiger partial charge in [0.25, 0.3) is 0 Å². The van der Waals surface area contributed by atoms with E-state index in [-0.39, 0.29) is 0 Å². The van der Waals surface area contributed by atoms with Crippen molar-refractivity contribution in [2.24, 2.45) is 7.05 Å². The third-order valence-electron chi connectivity index (χ3n) is 5.30. The first kappa shape index (κ1) is 21.1. The standard InChI is InChI=1S/C22H25N3O.C3H8/c1-4-5-6-15-7-11-20-16(13-15)8-9-17-14-18(26-3)10-12-19(17)21-22(20)25(2)24-23-21;1-3-2/h7,10-14H,4-6,8-9H2,1-3H3;3H2,1-2H3. The van der Waals surface area contributed by atoms with Crippen LogP contribution in [0.1, 0.15) is 56.7 Å². The molecular formula is C25H33N3O. The Hall–Kier alpha value is -2.62. The van der Waals surface area contributed by atoms with Gasteiger partial charge in [0.1, 0.15) is 11.4 Å². The molecule has 0 saturated carbocycles. The largest absolute Gasteiger partial charge is 0.497 e. The summed E-state index contributed by atoms with van der Waals surface area (Å²) in [5.41, 5.74) is 8.58. The van der Waals surface area contributed by atoms with Crippen LogP contribution in [0.5, 0.6) is 5.75 Å². The van der Waals surface area contributed by atoms with E-state index in [4.69, 9.17) is 4.74 Å². The van der Waals surface area contributed by atoms with Gasteiger partial charge in [-0.05, 0) is 60.6 Å². The number of aromatic nitrogens is 3. The summed E-state index contributed by atoms with van der Waals surface area (Å²) in [5.74, 6) is 0.895. The molecule has 0 atom stereocenters. The first-order valence-corrected chi connectivity index (χ1v) is 10.8. The first-order chi connectivity index (χ1) is 14.1. The highest BCUT2D eigenvalue weighted by molar-refractivity contribution is 5.82. The molecular weight excluding hydrogens is 358 g/mol. The highest BCUT2D eigenvalue weighted by atomic mass is 16.5. The lowest BCUT2D eigenvalue weighted by atomic mass is 9.88. The summed E-state index contributed by atoms with van der Waals surface area (Å²) in [7, 11) is 3.69. The fraction of sp³-hybridized carbons (Fsp3) is 0.440. The van der Waals surface area contributed by atoms with E-state index in [0.717, 1.165) is 42.0 Å². The SMILES string of the molecule is CCC.CCCCc1ccc2c(c1)CCc1cc(OC)ccc1-c1nnn(C)c1-2. The van der Waals surface area contributed by atoms with E-state index in [1.54, 1.807) is 7.11 Å². The third kappa shape index (κ3) is 4.52. The van der Waals surface area contributed by atoms with Gasteiger partial charge in [-0.2, -0.15) is 0 Å². The lowest BCUT2D eigenvalue weighted by molar-refractivity contribution is 0.414. The van der Waals surface area contributed by atoms with Crippen LogP contribution < -0.4 is 4.74 Å². The highest BCUT2D eigenvalue weighted by Crippen LogP contribution is 2.38. The summed E-state index contributed by atoms with van der Waals surface area (Å²) >= 11 is 0. The molecule has 0 radical (unpaired) electrons. The van der Waals surface area contributed by atoms with Crippen LogP contribution in [0.3, 0.4) is 0 Å². The van der Waals surface area contributed by atoms with Gasteiger partial charge in [-0.25, -0.2) is 4.68 Å². The van der Waals surface area contributed by atoms with Crippen molar-refractivity contribution in [3.8, 4) is 28.3 Å². The van der Waals surface area contributed by atoms with Crippen LogP contribution >= 0.6 is 0 Å². The number of benzene rings is 2. The average Bonchev–Trinajstić information content (AvgIpc) is 3.10. The maximum atomic E-state index is 5.44. The quantitative estimate of drug-likeness (QED) is 0.546. The third-order valence-corrected chi connectivity index (χ3v) is 5.30. The van der Waals surface area contributed by atoms with Gasteiger partial charge in [0, 0.05) is 18.2 Å². The van der Waals surface area contributed by atoms with E-state index in [1.165, 1.54) is 41.5 Å². The Kier molecular flexibility index (Phi) is 7.08. The van der Waals surface area contributed by atoms with Gasteiger partial charge in [0.15, 0.2) is 0 Å². The molecule has 0 bridgehead atoms. The Morgan fingerprint density at radius 3 is 2.34 bits per heavy atom. The lowest BCUT2D eigenvalue weighted by Crippen LogP contribution is -2.05. The molecule has 0 N–H and O–H groups in total. The minimum Gasteiger partial charge on any atom is -0.497 e. The van der Waals surface area contributed by atoms with E-state index in [1.807, 2.05) is 17.8 Å². The number of hydrogen-bond donors (Lipinski definition) is 0. The Balaban J connectivity index is 0.000000755. The van der Waals surface area contributed by atoms with Crippen molar-refractivity contribution in [2.45, 2.75) is 59.3 Å². The second-order valence-corrected chi connectivity index (χ2v) is 7.74. The fourth-order valence-corrected chi connectivity index (χ4v) is 3.87. The number of rotatable bonds is 4. The highest BCUT2D eigenvalue weighted by Gasteiger charge is 2.23. The van der Waals surface area contributed by atoms with Crippen molar-refractivity contribution >= 4 is 0 Å². The second kappa shape index (κ2) is 9.73. The number of unbranched alkanes of at least 4 members (excludes halogenated alkanes) is 1. The molecule has 1 heterocycles. The minimum atomic E-state index is 0.895. The van der Waals surface area contributed by atoms with Crippen LogP contribution in [-0.4, -0.2) is 22.1 Å². The number of hydrogen-bond acceptors (Lipinski definition) is 3. The lowest BCUT2D eigenvalue weighted by Gasteiger charge is -2.18. The molecule has 4 heteroatoms. The number of ether oxygens (including phenoxy) is 1. The van der Waals surface area contributed by atoms with Crippen LogP contribution in [0.15, 0.2) is 36.4 Å². The smallest absolute Gasteiger partial charge is 0.121 e. The van der Waals surface area contributed by atoms with E-state index in [0.29, 0.717) is 0 Å². The van der Waals surface area contributed by atoms with Gasteiger partial charge in [-0.3, -0.25) is 0 Å². The predicted molar refractivity (Wildman–Crippen MR) is 120 cm³/mol. The number of methoxy groups -OCH3 is 1. The van der Waals surface area contributed by atoms with Crippen LogP contribution in [0.25, 0.3) is 22.5 Å². The molecule has 1 aliphatic carbocycles. The Bertz CT molecular complexity index is 959. The van der Waals surface area contributed by atoms with Gasteiger partial charge >= 0.3 is 0 Å². The number of fused-ring (bicyclic) bond motifs is 5. The molecule has 4 nitrogen and oxygen atoms in total. The normalized spacial score (nSPS) is 11.9. The van der Waals surface area contributed by atoms with E-state index in [2.05, 4.69) is 61.4 Å². The zero-order chi connectivity index (χ0) is 20.8. The molecule has 0 saturated heterocycles. The van der Waals surface area contributed by atoms with E-state index < -0.39 is 0 Å². The van der Waals surface area contributed by atoms with Gasteiger partial charge in [0.2, 0.25) is 0 Å². The van der Waals surface area contributed by atoms with Crippen LogP contribution in [0.2, 0.25) is 0 Å². The number of nitrogens with zero attached hydrogens (tertiary/aromatic N) is 3. The Labute approximate surface area is 174 Å². The molecule has 0 aliphatic heterocycles. The van der Waals surface area contributed by atoms with Crippen molar-refractivity contribution in [2.75, 3.05) is 7.11 Å². The predicted octanol–water partition coefficient (Wildman–Crippen LogP) is 6.02. The first-order valence-electron chi connectivity index (χ1n) is 10.8. The minimum absolute atomic E-state index is 0.895. The maximum Gasteiger partial charge on any atom is 0.121 e. The molecule has 0 fully saturated rings. The Morgan fingerprint density at radius 1 is 0.966 bits per heavy atom. The molecule has 0 amide bonds. The molecule has 2 aromatic carbocycles. The average molecular weight is 392 g/mol. The summed E-state index contributed by atoms with van der Waals surface area (Å²) in [4.78, 5) is 0. The summed E-state index contributed by atoms with van der Waals surface area (Å²) in [6.45, 7) is 6.49. The molecule has 4 rings (SSSR count). The second-order valence-electron chi connectivity index (χ2n) is 7.74. The van der Waals surface area contributed by atoms with Crippen molar-refractivity contribution in [1.29, 1.82) is 0 Å². The van der Waals surface area contributed by atoms with Gasteiger partial charge in [-0.15, -0.1) is 5.10 Å². The van der Waals surface area contributed by atoms with Crippen molar-refractivity contribution in [1.82, 2.24) is 15.0 Å². The number of aryl methyl sites for hydroxylation is 4. The maximum absolute atomic E-state index is 5.44.